The van der Waals surface area contributed by atoms with Crippen molar-refractivity contribution >= 4 is 5.91 Å². The van der Waals surface area contributed by atoms with Crippen LogP contribution in [0.4, 0.5) is 0 Å². The van der Waals surface area contributed by atoms with Crippen LogP contribution in [0.3, 0.4) is 0 Å². The molecule has 0 aromatic rings. The molecule has 15 heavy (non-hydrogen) atoms. The Balaban J connectivity index is 2.22. The standard InChI is InChI=1S/C11H23N3O/c1-3-10(12)11(15)13(2)8-9-14-6-4-5-7-14/h10H,3-9,12H2,1-2H3/t10-/m0/s1. The Morgan fingerprint density at radius 3 is 2.60 bits per heavy atom. The van der Waals surface area contributed by atoms with E-state index in [9.17, 15) is 4.79 Å². The minimum absolute atomic E-state index is 0.0664. The topological polar surface area (TPSA) is 49.6 Å². The van der Waals surface area contributed by atoms with E-state index in [0.29, 0.717) is 6.42 Å². The van der Waals surface area contributed by atoms with Crippen molar-refractivity contribution in [3.05, 3.63) is 0 Å². The lowest BCUT2D eigenvalue weighted by Gasteiger charge is -2.23. The summed E-state index contributed by atoms with van der Waals surface area (Å²) < 4.78 is 0. The summed E-state index contributed by atoms with van der Waals surface area (Å²) in [7, 11) is 1.84. The van der Waals surface area contributed by atoms with Crippen LogP contribution in [0.25, 0.3) is 0 Å². The second-order valence-electron chi connectivity index (χ2n) is 4.32. The second kappa shape index (κ2) is 6.08. The Morgan fingerprint density at radius 1 is 1.47 bits per heavy atom. The number of amides is 1. The Hall–Kier alpha value is -0.610. The van der Waals surface area contributed by atoms with E-state index in [1.54, 1.807) is 4.90 Å². The third-order valence-electron chi connectivity index (χ3n) is 3.08. The molecule has 4 nitrogen and oxygen atoms in total. The number of likely N-dealkylation sites (N-methyl/N-ethyl adjacent to an activating group) is 1. The highest BCUT2D eigenvalue weighted by Crippen LogP contribution is 2.06. The maximum absolute atomic E-state index is 11.7. The molecule has 1 saturated heterocycles. The number of nitrogens with two attached hydrogens (primary N) is 1. The largest absolute Gasteiger partial charge is 0.343 e. The smallest absolute Gasteiger partial charge is 0.239 e. The first-order chi connectivity index (χ1) is 7.15. The zero-order valence-corrected chi connectivity index (χ0v) is 9.91. The molecule has 0 aromatic heterocycles. The molecule has 0 spiro atoms. The van der Waals surface area contributed by atoms with Gasteiger partial charge >= 0.3 is 0 Å². The predicted octanol–water partition coefficient (Wildman–Crippen LogP) is 0.278. The molecule has 0 radical (unpaired) electrons. The average molecular weight is 213 g/mol. The van der Waals surface area contributed by atoms with Crippen molar-refractivity contribution in [1.29, 1.82) is 0 Å². The maximum atomic E-state index is 11.7. The van der Waals surface area contributed by atoms with Crippen molar-refractivity contribution < 1.29 is 4.79 Å². The van der Waals surface area contributed by atoms with Gasteiger partial charge in [0.1, 0.15) is 0 Å². The number of carbonyl (C=O) groups excluding carboxylic acids is 1. The van der Waals surface area contributed by atoms with Gasteiger partial charge in [0.15, 0.2) is 0 Å². The summed E-state index contributed by atoms with van der Waals surface area (Å²) in [4.78, 5) is 15.8. The zero-order chi connectivity index (χ0) is 11.3. The number of carbonyl (C=O) groups is 1. The molecule has 0 saturated carbocycles. The van der Waals surface area contributed by atoms with Crippen LogP contribution in [-0.4, -0.2) is 55.0 Å². The highest BCUT2D eigenvalue weighted by atomic mass is 16.2. The Kier molecular flexibility index (Phi) is 5.05. The van der Waals surface area contributed by atoms with Gasteiger partial charge in [-0.3, -0.25) is 4.79 Å². The lowest BCUT2D eigenvalue weighted by atomic mass is 10.2. The van der Waals surface area contributed by atoms with Crippen molar-refractivity contribution in [3.63, 3.8) is 0 Å². The molecule has 2 N–H and O–H groups in total. The maximum Gasteiger partial charge on any atom is 0.239 e. The minimum atomic E-state index is -0.325. The molecule has 1 rings (SSSR count). The van der Waals surface area contributed by atoms with Gasteiger partial charge in [0.25, 0.3) is 0 Å². The molecule has 4 heteroatoms. The van der Waals surface area contributed by atoms with Crippen molar-refractivity contribution in [3.8, 4) is 0 Å². The first-order valence-corrected chi connectivity index (χ1v) is 5.88. The van der Waals surface area contributed by atoms with E-state index in [1.165, 1.54) is 25.9 Å². The van der Waals surface area contributed by atoms with Crippen molar-refractivity contribution in [1.82, 2.24) is 9.80 Å². The van der Waals surface area contributed by atoms with Gasteiger partial charge in [-0.25, -0.2) is 0 Å². The van der Waals surface area contributed by atoms with Crippen LogP contribution in [0.5, 0.6) is 0 Å². The van der Waals surface area contributed by atoms with Crippen molar-refractivity contribution in [2.75, 3.05) is 33.2 Å². The van der Waals surface area contributed by atoms with E-state index in [0.717, 1.165) is 13.1 Å². The van der Waals surface area contributed by atoms with E-state index in [4.69, 9.17) is 5.73 Å². The average Bonchev–Trinajstić information content (AvgIpc) is 2.76. The van der Waals surface area contributed by atoms with E-state index >= 15 is 0 Å². The molecular weight excluding hydrogens is 190 g/mol. The first kappa shape index (κ1) is 12.5. The SMILES string of the molecule is CC[C@H](N)C(=O)N(C)CCN1CCCC1. The van der Waals surface area contributed by atoms with Crippen LogP contribution in [0.2, 0.25) is 0 Å². The fourth-order valence-corrected chi connectivity index (χ4v) is 1.87. The summed E-state index contributed by atoms with van der Waals surface area (Å²) in [5.74, 6) is 0.0664. The molecular formula is C11H23N3O. The minimum Gasteiger partial charge on any atom is -0.343 e. The number of hydrogen-bond acceptors (Lipinski definition) is 3. The fraction of sp³-hybridized carbons (Fsp3) is 0.909. The van der Waals surface area contributed by atoms with E-state index < -0.39 is 0 Å². The van der Waals surface area contributed by atoms with Gasteiger partial charge in [-0.15, -0.1) is 0 Å². The molecule has 0 unspecified atom stereocenters. The number of nitrogens with zero attached hydrogens (tertiary/aromatic N) is 2. The Morgan fingerprint density at radius 2 is 2.07 bits per heavy atom. The fourth-order valence-electron chi connectivity index (χ4n) is 1.87. The summed E-state index contributed by atoms with van der Waals surface area (Å²) in [6.07, 6.45) is 3.31. The molecule has 0 aliphatic carbocycles. The van der Waals surface area contributed by atoms with Gasteiger partial charge < -0.3 is 15.5 Å². The highest BCUT2D eigenvalue weighted by molar-refractivity contribution is 5.81. The highest BCUT2D eigenvalue weighted by Gasteiger charge is 2.17. The summed E-state index contributed by atoms with van der Waals surface area (Å²) in [6, 6.07) is -0.325. The van der Waals surface area contributed by atoms with E-state index in [1.807, 2.05) is 14.0 Å². The Labute approximate surface area is 92.4 Å². The third-order valence-corrected chi connectivity index (χ3v) is 3.08. The monoisotopic (exact) mass is 213 g/mol. The quantitative estimate of drug-likeness (QED) is 0.713. The molecule has 1 heterocycles. The molecule has 1 atom stereocenters. The summed E-state index contributed by atoms with van der Waals surface area (Å²) in [6.45, 7) is 6.09. The summed E-state index contributed by atoms with van der Waals surface area (Å²) >= 11 is 0. The number of likely N-dealkylation sites (tertiary alicyclic amines) is 1. The molecule has 0 bridgehead atoms. The van der Waals surface area contributed by atoms with Gasteiger partial charge in [0.2, 0.25) is 5.91 Å². The molecule has 0 aromatic carbocycles. The number of hydrogen-bond donors (Lipinski definition) is 1. The van der Waals surface area contributed by atoms with E-state index in [2.05, 4.69) is 4.90 Å². The zero-order valence-electron chi connectivity index (χ0n) is 9.91. The molecule has 1 amide bonds. The van der Waals surface area contributed by atoms with E-state index in [-0.39, 0.29) is 11.9 Å². The number of rotatable bonds is 5. The van der Waals surface area contributed by atoms with Crippen molar-refractivity contribution in [2.24, 2.45) is 5.73 Å². The van der Waals surface area contributed by atoms with Gasteiger partial charge in [-0.05, 0) is 32.4 Å². The lowest BCUT2D eigenvalue weighted by Crippen LogP contribution is -2.44. The third kappa shape index (κ3) is 3.80. The molecule has 88 valence electrons. The lowest BCUT2D eigenvalue weighted by molar-refractivity contribution is -0.131. The van der Waals surface area contributed by atoms with Gasteiger partial charge in [-0.2, -0.15) is 0 Å². The normalized spacial score (nSPS) is 19.1. The molecule has 1 aliphatic heterocycles. The van der Waals surface area contributed by atoms with Crippen molar-refractivity contribution in [2.45, 2.75) is 32.2 Å². The van der Waals surface area contributed by atoms with Crippen LogP contribution in [-0.2, 0) is 4.79 Å². The predicted molar refractivity (Wildman–Crippen MR) is 61.6 cm³/mol. The molecule has 1 fully saturated rings. The van der Waals surface area contributed by atoms with Gasteiger partial charge in [-0.1, -0.05) is 6.92 Å². The summed E-state index contributed by atoms with van der Waals surface area (Å²) in [5.41, 5.74) is 5.70. The summed E-state index contributed by atoms with van der Waals surface area (Å²) in [5, 5.41) is 0. The van der Waals surface area contributed by atoms with Crippen LogP contribution in [0.15, 0.2) is 0 Å². The second-order valence-corrected chi connectivity index (χ2v) is 4.32. The van der Waals surface area contributed by atoms with Gasteiger partial charge in [0.05, 0.1) is 6.04 Å². The van der Waals surface area contributed by atoms with Crippen LogP contribution in [0.1, 0.15) is 26.2 Å². The first-order valence-electron chi connectivity index (χ1n) is 5.88. The van der Waals surface area contributed by atoms with Crippen LogP contribution >= 0.6 is 0 Å². The van der Waals surface area contributed by atoms with Crippen LogP contribution in [0, 0.1) is 0 Å². The Bertz CT molecular complexity index is 202. The van der Waals surface area contributed by atoms with Crippen LogP contribution < -0.4 is 5.73 Å². The van der Waals surface area contributed by atoms with Gasteiger partial charge in [0, 0.05) is 20.1 Å². The molecule has 1 aliphatic rings.